The molecule has 0 N–H and O–H groups in total. The van der Waals surface area contributed by atoms with Gasteiger partial charge in [-0.15, -0.1) is 0 Å². The highest BCUT2D eigenvalue weighted by atomic mass is 16.8. The third kappa shape index (κ3) is 4.12. The van der Waals surface area contributed by atoms with Gasteiger partial charge in [0.25, 0.3) is 0 Å². The number of allylic oxidation sites excluding steroid dienone is 1. The zero-order valence-corrected chi connectivity index (χ0v) is 19.0. The fraction of sp³-hybridized carbons (Fsp3) is 0.333. The van der Waals surface area contributed by atoms with Gasteiger partial charge in [0.15, 0.2) is 0 Å². The second-order valence-corrected chi connectivity index (χ2v) is 8.97. The Morgan fingerprint density at radius 2 is 1.61 bits per heavy atom. The summed E-state index contributed by atoms with van der Waals surface area (Å²) in [6.07, 6.45) is 4.09. The molecule has 1 fully saturated rings. The third-order valence-corrected chi connectivity index (χ3v) is 6.85. The molecule has 1 aliphatic carbocycles. The number of esters is 2. The molecule has 0 bridgehead atoms. The minimum absolute atomic E-state index is 0.325. The first-order valence-corrected chi connectivity index (χ1v) is 11.4. The number of ether oxygens (including phenoxy) is 2. The number of hydrogen-bond donors (Lipinski definition) is 0. The third-order valence-electron chi connectivity index (χ3n) is 6.85. The van der Waals surface area contributed by atoms with E-state index in [2.05, 4.69) is 54.3 Å². The van der Waals surface area contributed by atoms with E-state index < -0.39 is 17.8 Å². The number of nitrogens with zero attached hydrogens (tertiary/aromatic N) is 2. The molecule has 0 unspecified atom stereocenters. The maximum absolute atomic E-state index is 12.1. The molecular weight excluding hydrogens is 416 g/mol. The number of benzene rings is 2. The molecule has 3 aliphatic rings. The molecule has 1 spiro atoms. The van der Waals surface area contributed by atoms with Crippen LogP contribution in [0.4, 0.5) is 0 Å². The lowest BCUT2D eigenvalue weighted by Crippen LogP contribution is -2.64. The summed E-state index contributed by atoms with van der Waals surface area (Å²) < 4.78 is 11.1. The van der Waals surface area contributed by atoms with Gasteiger partial charge >= 0.3 is 17.8 Å². The van der Waals surface area contributed by atoms with Gasteiger partial charge in [0.1, 0.15) is 0 Å². The molecule has 6 nitrogen and oxygen atoms in total. The van der Waals surface area contributed by atoms with Crippen LogP contribution in [-0.4, -0.2) is 60.9 Å². The molecule has 2 aromatic carbocycles. The van der Waals surface area contributed by atoms with Crippen molar-refractivity contribution in [2.45, 2.75) is 25.7 Å². The standard InChI is InChI=1S/C27H28N2O4/c1-19-17-24-22(20-7-4-3-5-8-20)9-6-10-23(24)21(19)13-14-29-16-15-28(2)27(18-29)32-25(30)11-12-26(31)33-27/h3-12H,13-18H2,1-2H3. The summed E-state index contributed by atoms with van der Waals surface area (Å²) in [5.74, 6) is -2.51. The lowest BCUT2D eigenvalue weighted by Gasteiger charge is -2.45. The average Bonchev–Trinajstić information content (AvgIpc) is 3.05. The van der Waals surface area contributed by atoms with Crippen molar-refractivity contribution in [3.63, 3.8) is 0 Å². The maximum atomic E-state index is 12.1. The largest absolute Gasteiger partial charge is 0.404 e. The van der Waals surface area contributed by atoms with E-state index in [4.69, 9.17) is 9.47 Å². The van der Waals surface area contributed by atoms with Crippen LogP contribution in [-0.2, 0) is 25.5 Å². The molecule has 2 aliphatic heterocycles. The van der Waals surface area contributed by atoms with E-state index in [0.717, 1.165) is 38.1 Å². The first-order chi connectivity index (χ1) is 15.9. The van der Waals surface area contributed by atoms with Crippen LogP contribution in [0, 0.1) is 0 Å². The highest BCUT2D eigenvalue weighted by Gasteiger charge is 2.48. The van der Waals surface area contributed by atoms with Crippen LogP contribution in [0.2, 0.25) is 0 Å². The minimum atomic E-state index is -1.38. The van der Waals surface area contributed by atoms with Crippen LogP contribution in [0.3, 0.4) is 0 Å². The molecule has 33 heavy (non-hydrogen) atoms. The Morgan fingerprint density at radius 3 is 2.33 bits per heavy atom. The first-order valence-electron chi connectivity index (χ1n) is 11.4. The van der Waals surface area contributed by atoms with Gasteiger partial charge in [-0.1, -0.05) is 54.1 Å². The van der Waals surface area contributed by atoms with Gasteiger partial charge in [0.05, 0.1) is 6.54 Å². The van der Waals surface area contributed by atoms with Gasteiger partial charge in [-0.3, -0.25) is 4.90 Å². The monoisotopic (exact) mass is 444 g/mol. The van der Waals surface area contributed by atoms with Crippen LogP contribution in [0.5, 0.6) is 0 Å². The molecule has 0 aromatic heterocycles. The summed E-state index contributed by atoms with van der Waals surface area (Å²) in [5, 5.41) is 0. The number of likely N-dealkylation sites (N-methyl/N-ethyl adjacent to an activating group) is 1. The van der Waals surface area contributed by atoms with Crippen LogP contribution in [0.25, 0.3) is 16.7 Å². The van der Waals surface area contributed by atoms with Crippen LogP contribution < -0.4 is 0 Å². The quantitative estimate of drug-likeness (QED) is 0.672. The van der Waals surface area contributed by atoms with E-state index in [9.17, 15) is 9.59 Å². The van der Waals surface area contributed by atoms with Crippen molar-refractivity contribution < 1.29 is 19.1 Å². The highest BCUT2D eigenvalue weighted by molar-refractivity contribution is 5.93. The van der Waals surface area contributed by atoms with Crippen LogP contribution >= 0.6 is 0 Å². The Kier molecular flexibility index (Phi) is 5.64. The molecule has 0 atom stereocenters. The summed E-state index contributed by atoms with van der Waals surface area (Å²) in [4.78, 5) is 28.1. The van der Waals surface area contributed by atoms with Gasteiger partial charge in [-0.2, -0.15) is 0 Å². The summed E-state index contributed by atoms with van der Waals surface area (Å²) in [5.41, 5.74) is 8.04. The molecule has 0 amide bonds. The summed E-state index contributed by atoms with van der Waals surface area (Å²) in [6, 6.07) is 17.1. The maximum Gasteiger partial charge on any atom is 0.335 e. The molecule has 2 aromatic rings. The van der Waals surface area contributed by atoms with Crippen molar-refractivity contribution in [1.29, 1.82) is 0 Å². The Balaban J connectivity index is 1.33. The number of carbonyl (C=O) groups excluding carboxylic acids is 2. The van der Waals surface area contributed by atoms with Gasteiger partial charge in [0.2, 0.25) is 0 Å². The summed E-state index contributed by atoms with van der Waals surface area (Å²) >= 11 is 0. The molecule has 5 rings (SSSR count). The van der Waals surface area contributed by atoms with Crippen LogP contribution in [0.1, 0.15) is 24.5 Å². The number of carbonyl (C=O) groups is 2. The van der Waals surface area contributed by atoms with Crippen molar-refractivity contribution in [2.24, 2.45) is 0 Å². The Labute approximate surface area is 194 Å². The van der Waals surface area contributed by atoms with Gasteiger partial charge in [-0.05, 0) is 54.6 Å². The van der Waals surface area contributed by atoms with Crippen molar-refractivity contribution >= 4 is 17.5 Å². The van der Waals surface area contributed by atoms with Gasteiger partial charge in [0, 0.05) is 31.8 Å². The molecule has 0 radical (unpaired) electrons. The lowest BCUT2D eigenvalue weighted by atomic mass is 9.94. The number of piperazine rings is 1. The molecule has 1 saturated heterocycles. The van der Waals surface area contributed by atoms with E-state index in [1.165, 1.54) is 33.4 Å². The highest BCUT2D eigenvalue weighted by Crippen LogP contribution is 2.40. The first kappa shape index (κ1) is 21.6. The van der Waals surface area contributed by atoms with E-state index in [1.54, 1.807) is 4.90 Å². The summed E-state index contributed by atoms with van der Waals surface area (Å²) in [7, 11) is 1.81. The molecular formula is C27H28N2O4. The van der Waals surface area contributed by atoms with Gasteiger partial charge < -0.3 is 9.47 Å². The van der Waals surface area contributed by atoms with E-state index in [1.807, 2.05) is 13.1 Å². The Bertz CT molecular complexity index is 1130. The van der Waals surface area contributed by atoms with Crippen molar-refractivity contribution in [3.8, 4) is 11.1 Å². The van der Waals surface area contributed by atoms with Gasteiger partial charge in [-0.25, -0.2) is 14.5 Å². The molecule has 2 heterocycles. The average molecular weight is 445 g/mol. The molecule has 170 valence electrons. The van der Waals surface area contributed by atoms with Crippen molar-refractivity contribution in [3.05, 3.63) is 77.4 Å². The van der Waals surface area contributed by atoms with Crippen LogP contribution in [0.15, 0.2) is 66.3 Å². The predicted octanol–water partition coefficient (Wildman–Crippen LogP) is 3.63. The molecule has 0 saturated carbocycles. The second-order valence-electron chi connectivity index (χ2n) is 8.97. The topological polar surface area (TPSA) is 59.1 Å². The lowest BCUT2D eigenvalue weighted by molar-refractivity contribution is -0.294. The smallest absolute Gasteiger partial charge is 0.335 e. The normalized spacial score (nSPS) is 20.5. The predicted molar refractivity (Wildman–Crippen MR) is 126 cm³/mol. The number of fused-ring (bicyclic) bond motifs is 1. The number of rotatable bonds is 4. The SMILES string of the molecule is CC1=C(CCN2CCN(C)C3(C2)OC(=O)C=CC(=O)O3)c2cccc(-c3ccccc3)c2C1. The molecule has 6 heteroatoms. The fourth-order valence-electron chi connectivity index (χ4n) is 5.06. The fourth-order valence-corrected chi connectivity index (χ4v) is 5.06. The second kappa shape index (κ2) is 8.61. The zero-order chi connectivity index (χ0) is 23.0. The van der Waals surface area contributed by atoms with E-state index in [0.29, 0.717) is 13.1 Å². The van der Waals surface area contributed by atoms with Crippen molar-refractivity contribution in [1.82, 2.24) is 9.80 Å². The minimum Gasteiger partial charge on any atom is -0.404 e. The van der Waals surface area contributed by atoms with E-state index in [-0.39, 0.29) is 0 Å². The number of hydrogen-bond acceptors (Lipinski definition) is 6. The van der Waals surface area contributed by atoms with E-state index >= 15 is 0 Å². The summed E-state index contributed by atoms with van der Waals surface area (Å²) in [6.45, 7) is 4.78. The Morgan fingerprint density at radius 1 is 0.909 bits per heavy atom. The van der Waals surface area contributed by atoms with Crippen molar-refractivity contribution in [2.75, 3.05) is 33.2 Å². The zero-order valence-electron chi connectivity index (χ0n) is 19.0. The Hall–Kier alpha value is -3.22.